The van der Waals surface area contributed by atoms with E-state index >= 15 is 0 Å². The van der Waals surface area contributed by atoms with Crippen molar-refractivity contribution in [3.63, 3.8) is 0 Å². The first-order valence-electron chi connectivity index (χ1n) is 18.5. The summed E-state index contributed by atoms with van der Waals surface area (Å²) >= 11 is 0. The predicted molar refractivity (Wildman–Crippen MR) is 204 cm³/mol. The fourth-order valence-corrected chi connectivity index (χ4v) is 6.36. The van der Waals surface area contributed by atoms with E-state index in [4.69, 9.17) is 23.7 Å². The molecule has 4 rings (SSSR count). The molecule has 1 saturated carbocycles. The van der Waals surface area contributed by atoms with E-state index in [9.17, 15) is 14.7 Å². The normalized spacial score (nSPS) is 21.9. The van der Waals surface area contributed by atoms with Crippen LogP contribution in [0.5, 0.6) is 0 Å². The summed E-state index contributed by atoms with van der Waals surface area (Å²) in [5.41, 5.74) is 1.54. The third-order valence-corrected chi connectivity index (χ3v) is 8.50. The van der Waals surface area contributed by atoms with Gasteiger partial charge in [0.2, 0.25) is 0 Å². The third-order valence-electron chi connectivity index (χ3n) is 8.50. The quantitative estimate of drug-likeness (QED) is 0.101. The van der Waals surface area contributed by atoms with E-state index in [0.29, 0.717) is 13.0 Å². The van der Waals surface area contributed by atoms with Crippen LogP contribution in [0, 0.1) is 0 Å². The Kier molecular flexibility index (Phi) is 16.4. The molecule has 0 spiro atoms. The molecule has 1 fully saturated rings. The molecule has 0 heterocycles. The van der Waals surface area contributed by atoms with Crippen LogP contribution in [-0.4, -0.2) is 90.9 Å². The molecule has 0 aromatic heterocycles. The van der Waals surface area contributed by atoms with Crippen LogP contribution in [0.1, 0.15) is 64.7 Å². The van der Waals surface area contributed by atoms with Crippen LogP contribution in [0.2, 0.25) is 0 Å². The average molecular weight is 734 g/mol. The Morgan fingerprint density at radius 1 is 0.547 bits per heavy atom. The van der Waals surface area contributed by atoms with Crippen LogP contribution in [-0.2, 0) is 53.1 Å². The molecule has 0 amide bonds. The van der Waals surface area contributed by atoms with E-state index in [1.807, 2.05) is 133 Å². The molecule has 0 radical (unpaired) electrons. The molecule has 53 heavy (non-hydrogen) atoms. The van der Waals surface area contributed by atoms with Crippen molar-refractivity contribution in [2.24, 2.45) is 0 Å². The maximum absolute atomic E-state index is 13.2. The highest BCUT2D eigenvalue weighted by Gasteiger charge is 2.53. The van der Waals surface area contributed by atoms with Gasteiger partial charge in [0, 0.05) is 6.61 Å². The number of carbonyl (C=O) groups excluding carboxylic acids is 2. The van der Waals surface area contributed by atoms with Crippen molar-refractivity contribution < 1.29 is 38.4 Å². The number of carbonyl (C=O) groups is 2. The number of esters is 2. The number of rotatable bonds is 19. The van der Waals surface area contributed by atoms with Gasteiger partial charge < -0.3 is 34.1 Å². The maximum Gasteiger partial charge on any atom is 0.320 e. The summed E-state index contributed by atoms with van der Waals surface area (Å²) in [5.74, 6) is -0.849. The molecule has 290 valence electrons. The van der Waals surface area contributed by atoms with Crippen molar-refractivity contribution in [1.82, 2.24) is 16.0 Å². The van der Waals surface area contributed by atoms with Crippen LogP contribution in [0.25, 0.3) is 0 Å². The first-order chi connectivity index (χ1) is 25.3. The largest absolute Gasteiger partial charge is 0.459 e. The number of hydrogen-bond donors (Lipinski definition) is 4. The topological polar surface area (TPSA) is 137 Å². The summed E-state index contributed by atoms with van der Waals surface area (Å²) in [5, 5.41) is 20.3. The second-order valence-corrected chi connectivity index (χ2v) is 15.3. The Labute approximate surface area is 315 Å². The van der Waals surface area contributed by atoms with Crippen LogP contribution < -0.4 is 16.0 Å². The summed E-state index contributed by atoms with van der Waals surface area (Å²) in [4.78, 5) is 26.4. The van der Waals surface area contributed by atoms with Crippen molar-refractivity contribution in [2.45, 2.75) is 115 Å². The third kappa shape index (κ3) is 14.6. The Bertz CT molecular complexity index is 1410. The Morgan fingerprint density at radius 2 is 0.868 bits per heavy atom. The fraction of sp³-hybridized carbons (Fsp3) is 0.524. The van der Waals surface area contributed by atoms with Crippen molar-refractivity contribution in [3.05, 3.63) is 108 Å². The summed E-state index contributed by atoms with van der Waals surface area (Å²) in [7, 11) is 0. The van der Waals surface area contributed by atoms with Gasteiger partial charge in [-0.1, -0.05) is 91.0 Å². The van der Waals surface area contributed by atoms with Crippen LogP contribution in [0.15, 0.2) is 91.0 Å². The van der Waals surface area contributed by atoms with Gasteiger partial charge in [-0.25, -0.2) is 0 Å². The molecule has 11 nitrogen and oxygen atoms in total. The second-order valence-electron chi connectivity index (χ2n) is 15.3. The van der Waals surface area contributed by atoms with E-state index in [1.165, 1.54) is 0 Å². The number of benzene rings is 3. The van der Waals surface area contributed by atoms with Gasteiger partial charge in [-0.2, -0.15) is 0 Å². The number of ether oxygens (including phenoxy) is 5. The Morgan fingerprint density at radius 3 is 1.17 bits per heavy atom. The summed E-state index contributed by atoms with van der Waals surface area (Å²) < 4.78 is 31.9. The number of aliphatic hydroxyl groups is 1. The molecular formula is C42H59N3O8. The zero-order valence-electron chi connectivity index (χ0n) is 32.1. The molecule has 0 unspecified atom stereocenters. The highest BCUT2D eigenvalue weighted by molar-refractivity contribution is 5.72. The van der Waals surface area contributed by atoms with Crippen molar-refractivity contribution in [3.8, 4) is 0 Å². The van der Waals surface area contributed by atoms with Crippen LogP contribution >= 0.6 is 0 Å². The number of aliphatic hydroxyl groups excluding tert-OH is 1. The number of nitrogens with one attached hydrogen (secondary N) is 3. The minimum atomic E-state index is -0.683. The zero-order chi connectivity index (χ0) is 38.3. The molecule has 1 aliphatic carbocycles. The highest BCUT2D eigenvalue weighted by atomic mass is 16.6. The lowest BCUT2D eigenvalue weighted by Gasteiger charge is -2.51. The molecule has 4 N–H and O–H groups in total. The minimum Gasteiger partial charge on any atom is -0.459 e. The molecule has 1 aliphatic rings. The molecule has 11 heteroatoms. The smallest absolute Gasteiger partial charge is 0.320 e. The van der Waals surface area contributed by atoms with Crippen molar-refractivity contribution >= 4 is 11.9 Å². The minimum absolute atomic E-state index is 0.00570. The molecule has 0 aliphatic heterocycles. The summed E-state index contributed by atoms with van der Waals surface area (Å²) in [6, 6.07) is 27.9. The molecule has 6 atom stereocenters. The first kappa shape index (κ1) is 42.1. The second kappa shape index (κ2) is 20.7. The molecular weight excluding hydrogens is 674 g/mol. The van der Waals surface area contributed by atoms with Crippen molar-refractivity contribution in [1.29, 1.82) is 0 Å². The summed E-state index contributed by atoms with van der Waals surface area (Å²) in [6.07, 6.45) is -1.42. The lowest BCUT2D eigenvalue weighted by atomic mass is 9.78. The van der Waals surface area contributed by atoms with E-state index in [0.717, 1.165) is 16.7 Å². The summed E-state index contributed by atoms with van der Waals surface area (Å²) in [6.45, 7) is 12.0. The first-order valence-corrected chi connectivity index (χ1v) is 18.5. The van der Waals surface area contributed by atoms with E-state index in [1.54, 1.807) is 0 Å². The Hall–Kier alpha value is -3.68. The average Bonchev–Trinajstić information content (AvgIpc) is 3.11. The van der Waals surface area contributed by atoms with E-state index in [2.05, 4.69) is 16.0 Å². The van der Waals surface area contributed by atoms with Gasteiger partial charge in [-0.05, 0) is 71.2 Å². The molecule has 0 saturated heterocycles. The fourth-order valence-electron chi connectivity index (χ4n) is 6.36. The standard InChI is InChI=1S/C42H59N3O8/c1-41(2,3)52-33(47)25-44-36-38(49-27-30-17-10-7-11-18-30)35(43-23-16-24-46)39(50-28-31-19-12-8-13-20-31)37(45-26-34(48)53-42(4,5)6)40(36)51-29-32-21-14-9-15-22-32/h7-15,17-22,35-40,43-46H,16,23-29H2,1-6H3/t35-,36+,37-,38+,39-,40+. The van der Waals surface area contributed by atoms with Gasteiger partial charge in [0.1, 0.15) is 11.2 Å². The van der Waals surface area contributed by atoms with Gasteiger partial charge in [0.05, 0.1) is 69.3 Å². The van der Waals surface area contributed by atoms with E-state index < -0.39 is 59.6 Å². The SMILES string of the molecule is CC(C)(C)OC(=O)CN[C@@H]1[C@H](OCc2ccccc2)[C@H](NCC(=O)OC(C)(C)C)[C@H](OCc2ccccc2)[C@H](NCCCO)[C@@H]1OCc1ccccc1. The monoisotopic (exact) mass is 733 g/mol. The van der Waals surface area contributed by atoms with Crippen molar-refractivity contribution in [2.75, 3.05) is 26.2 Å². The van der Waals surface area contributed by atoms with Crippen LogP contribution in [0.3, 0.4) is 0 Å². The van der Waals surface area contributed by atoms with Gasteiger partial charge in [-0.3, -0.25) is 20.2 Å². The van der Waals surface area contributed by atoms with Crippen LogP contribution in [0.4, 0.5) is 0 Å². The zero-order valence-corrected chi connectivity index (χ0v) is 32.1. The Balaban J connectivity index is 1.80. The van der Waals surface area contributed by atoms with E-state index in [-0.39, 0.29) is 39.5 Å². The molecule has 3 aromatic rings. The highest BCUT2D eigenvalue weighted by Crippen LogP contribution is 2.31. The predicted octanol–water partition coefficient (Wildman–Crippen LogP) is 4.70. The molecule has 3 aromatic carbocycles. The molecule has 0 bridgehead atoms. The maximum atomic E-state index is 13.2. The lowest BCUT2D eigenvalue weighted by Crippen LogP contribution is -2.75. The van der Waals surface area contributed by atoms with Gasteiger partial charge in [0.25, 0.3) is 0 Å². The lowest BCUT2D eigenvalue weighted by molar-refractivity contribution is -0.170. The van der Waals surface area contributed by atoms with Gasteiger partial charge in [-0.15, -0.1) is 0 Å². The number of hydrogen-bond acceptors (Lipinski definition) is 11. The van der Waals surface area contributed by atoms with Gasteiger partial charge >= 0.3 is 11.9 Å². The van der Waals surface area contributed by atoms with Gasteiger partial charge in [0.15, 0.2) is 0 Å².